The maximum absolute atomic E-state index is 15.2. The maximum Gasteiger partial charge on any atom is 0.358 e. The van der Waals surface area contributed by atoms with Crippen LogP contribution in [0.3, 0.4) is 0 Å². The van der Waals surface area contributed by atoms with Crippen LogP contribution >= 0.6 is 56.7 Å². The van der Waals surface area contributed by atoms with E-state index in [2.05, 4.69) is 41.5 Å². The summed E-state index contributed by atoms with van der Waals surface area (Å²) in [5.41, 5.74) is -2.37. The third kappa shape index (κ3) is 14.2. The van der Waals surface area contributed by atoms with Gasteiger partial charge in [-0.1, -0.05) is 24.3 Å². The minimum atomic E-state index is -1.91. The van der Waals surface area contributed by atoms with Crippen LogP contribution in [0.1, 0.15) is 132 Å². The van der Waals surface area contributed by atoms with Gasteiger partial charge < -0.3 is 89.9 Å². The van der Waals surface area contributed by atoms with Crippen molar-refractivity contribution < 1.29 is 92.0 Å². The predicted octanol–water partition coefficient (Wildman–Crippen LogP) is 6.12. The minimum absolute atomic E-state index is 0.00903. The Morgan fingerprint density at radius 2 is 1.47 bits per heavy atom. The molecule has 0 radical (unpaired) electrons. The number of esters is 2. The lowest BCUT2D eigenvalue weighted by Gasteiger charge is -2.48. The first-order valence-corrected chi connectivity index (χ1v) is 37.1. The van der Waals surface area contributed by atoms with E-state index in [1.165, 1.54) is 54.6 Å². The molecule has 2 aromatic carbocycles. The monoisotopic (exact) mass is 1530 g/mol. The van der Waals surface area contributed by atoms with Gasteiger partial charge >= 0.3 is 11.9 Å². The number of pyridine rings is 1. The standard InChI is InChI=1S/C68H67N13O19S5/c1-27(44-21-94-42-14-9-10-15-43(42)99-44)69-56(84)36-24-104-64(74-36)50-41(83)16-32-49(76-50)35-22-102-62(71-35)34-20-97-66(89)52-33-19-95-53(54(100-45-17-68(5,91)55(80(6)7)30(4)98-45)67(90)96-18-31-12-11-13-40(46(31)33)81(52)92)51(65-75-37(25-105-65)57(85)70-34)79-59(87)39-26-103-63(73-39)48(29(3)93-8)78-60(88)47(28(2)82)77-58(86)38-23-101-61(32)72-38/h9-16,22-28,30,34,44-45,47,51,53-55,82-83,91-92H,17-21H2,1-8H3,(H,69,84)(H,70,85)(H,77,86)(H,78,88)(H,79,87)/b48-29+. The number of carbonyl (C=O) groups excluding carboxylic acids is 7. The van der Waals surface area contributed by atoms with Crippen LogP contribution in [-0.2, 0) is 51.2 Å². The minimum Gasteiger partial charge on any atom is -0.506 e. The third-order valence-electron chi connectivity index (χ3n) is 18.2. The Labute approximate surface area is 616 Å². The number of aliphatic hydroxyl groups excluding tert-OH is 1. The van der Waals surface area contributed by atoms with Crippen molar-refractivity contribution in [3.8, 4) is 49.9 Å². The van der Waals surface area contributed by atoms with Gasteiger partial charge in [-0.15, -0.1) is 56.7 Å². The molecule has 5 aliphatic heterocycles. The molecule has 12 heterocycles. The lowest BCUT2D eigenvalue weighted by atomic mass is 9.85. The van der Waals surface area contributed by atoms with Crippen LogP contribution in [0.25, 0.3) is 49.3 Å². The van der Waals surface area contributed by atoms with Gasteiger partial charge in [-0.2, -0.15) is 4.73 Å². The number of cyclic esters (lactones) is 2. The molecule has 1 fully saturated rings. The van der Waals surface area contributed by atoms with E-state index in [0.717, 1.165) is 56.7 Å². The smallest absolute Gasteiger partial charge is 0.358 e. The van der Waals surface area contributed by atoms with E-state index in [1.807, 2.05) is 6.07 Å². The Balaban J connectivity index is 0.904. The first-order chi connectivity index (χ1) is 50.3. The van der Waals surface area contributed by atoms with Gasteiger partial charge in [-0.3, -0.25) is 24.0 Å². The molecule has 32 nitrogen and oxygen atoms in total. The van der Waals surface area contributed by atoms with E-state index in [0.29, 0.717) is 21.8 Å². The van der Waals surface area contributed by atoms with Gasteiger partial charge in [0.1, 0.15) is 126 Å². The van der Waals surface area contributed by atoms with Crippen molar-refractivity contribution in [2.24, 2.45) is 0 Å². The molecule has 37 heteroatoms. The predicted molar refractivity (Wildman–Crippen MR) is 378 cm³/mol. The number of amides is 5. The highest BCUT2D eigenvalue weighted by atomic mass is 32.1. The number of methoxy groups -OCH3 is 1. The number of carbonyl (C=O) groups is 7. The maximum atomic E-state index is 15.2. The molecule has 548 valence electrons. The highest BCUT2D eigenvalue weighted by Gasteiger charge is 2.50. The van der Waals surface area contributed by atoms with Crippen LogP contribution in [0.2, 0.25) is 0 Å². The molecule has 5 amide bonds. The van der Waals surface area contributed by atoms with E-state index in [9.17, 15) is 34.9 Å². The van der Waals surface area contributed by atoms with Crippen molar-refractivity contribution in [3.05, 3.63) is 136 Å². The lowest BCUT2D eigenvalue weighted by molar-refractivity contribution is -0.280. The quantitative estimate of drug-likeness (QED) is 0.0446. The number of hydrogen-bond donors (Lipinski definition) is 9. The van der Waals surface area contributed by atoms with Crippen molar-refractivity contribution in [1.82, 2.24) is 66.1 Å². The normalized spacial score (nSPS) is 24.8. The summed E-state index contributed by atoms with van der Waals surface area (Å²) in [5, 5.41) is 69.0. The molecule has 0 saturated carbocycles. The number of para-hydroxylation sites is 2. The Morgan fingerprint density at radius 1 is 0.781 bits per heavy atom. The zero-order valence-electron chi connectivity index (χ0n) is 56.9. The first kappa shape index (κ1) is 72.0. The van der Waals surface area contributed by atoms with E-state index < -0.39 is 145 Å². The number of allylic oxidation sites excluding steroid dienone is 1. The van der Waals surface area contributed by atoms with Gasteiger partial charge in [0.2, 0.25) is 5.91 Å². The van der Waals surface area contributed by atoms with Crippen molar-refractivity contribution in [2.75, 3.05) is 34.4 Å². The highest BCUT2D eigenvalue weighted by Crippen LogP contribution is 2.43. The number of rotatable bonds is 9. The molecule has 12 atom stereocenters. The Morgan fingerprint density at radius 3 is 2.22 bits per heavy atom. The largest absolute Gasteiger partial charge is 0.506 e. The average molecular weight is 1530 g/mol. The van der Waals surface area contributed by atoms with Gasteiger partial charge in [-0.25, -0.2) is 39.5 Å². The van der Waals surface area contributed by atoms with Gasteiger partial charge in [0, 0.05) is 49.8 Å². The molecular weight excluding hydrogens is 1460 g/mol. The summed E-state index contributed by atoms with van der Waals surface area (Å²) in [4.78, 5) is 134. The summed E-state index contributed by atoms with van der Waals surface area (Å²) in [6.07, 6.45) is -8.08. The molecule has 1 saturated heterocycles. The molecular formula is C68H67N13O19S5. The first-order valence-electron chi connectivity index (χ1n) is 32.7. The second-order valence-corrected chi connectivity index (χ2v) is 30.1. The lowest BCUT2D eigenvalue weighted by Crippen LogP contribution is -2.62. The third-order valence-corrected chi connectivity index (χ3v) is 22.7. The number of nitrogens with one attached hydrogen (secondary N) is 5. The molecule has 12 bridgehead atoms. The second-order valence-electron chi connectivity index (χ2n) is 25.7. The Hall–Kier alpha value is -9.93. The number of aromatic hydroxyl groups is 1. The molecule has 9 aromatic rings. The van der Waals surface area contributed by atoms with Crippen LogP contribution < -0.4 is 36.1 Å². The zero-order chi connectivity index (χ0) is 74.0. The molecule has 7 aromatic heterocycles. The zero-order valence-corrected chi connectivity index (χ0v) is 61.0. The van der Waals surface area contributed by atoms with Gasteiger partial charge in [0.15, 0.2) is 35.7 Å². The van der Waals surface area contributed by atoms with Crippen LogP contribution in [0.5, 0.6) is 17.2 Å². The molecule has 12 unspecified atom stereocenters. The molecule has 9 N–H and O–H groups in total. The number of ether oxygens (including phenoxy) is 8. The number of benzene rings is 2. The highest BCUT2D eigenvalue weighted by molar-refractivity contribution is 7.14. The number of aromatic nitrogens is 7. The number of aliphatic hydroxyl groups is 2. The van der Waals surface area contributed by atoms with E-state index >= 15 is 19.2 Å². The van der Waals surface area contributed by atoms with Crippen LogP contribution in [0, 0.1) is 0 Å². The summed E-state index contributed by atoms with van der Waals surface area (Å²) in [7, 11) is 4.86. The number of hydrogen-bond acceptors (Lipinski definition) is 31. The van der Waals surface area contributed by atoms with Crippen LogP contribution in [-0.4, -0.2) is 196 Å². The van der Waals surface area contributed by atoms with Crippen molar-refractivity contribution in [1.29, 1.82) is 0 Å². The van der Waals surface area contributed by atoms with E-state index in [4.69, 9.17) is 52.8 Å². The fourth-order valence-electron chi connectivity index (χ4n) is 13.1. The van der Waals surface area contributed by atoms with Gasteiger partial charge in [-0.05, 0) is 78.5 Å². The van der Waals surface area contributed by atoms with E-state index in [1.54, 1.807) is 75.5 Å². The number of thiazole rings is 5. The summed E-state index contributed by atoms with van der Waals surface area (Å²) in [5.74, 6) is -5.75. The SMILES string of the molecule is CO/C(C)=C1/NC(=O)C(C(C)O)NC(=O)c2csc(n2)-c2cc(O)c(-c3nc(C(=O)NC(C)C4COc5ccccc5O4)cs3)nc2-c2csc(n2)C2COC(=O)c3c4c5c(cccc5n3O)COC(=O)C(OC3CC(C)(O)C(N(C)C)C(C)O3)C(OC4)C(NC(=O)c3csc1n3)c1nc(cs1)C(=O)N2. The summed E-state index contributed by atoms with van der Waals surface area (Å²) >= 11 is 4.66. The fourth-order valence-corrected chi connectivity index (χ4v) is 17.3. The van der Waals surface area contributed by atoms with Crippen molar-refractivity contribution in [2.45, 2.75) is 127 Å². The van der Waals surface area contributed by atoms with Crippen molar-refractivity contribution >= 4 is 115 Å². The number of nitrogens with zero attached hydrogens (tertiary/aromatic N) is 8. The second kappa shape index (κ2) is 29.2. The summed E-state index contributed by atoms with van der Waals surface area (Å²) < 4.78 is 50.4. The molecule has 105 heavy (non-hydrogen) atoms. The molecule has 0 aliphatic carbocycles. The van der Waals surface area contributed by atoms with Crippen LogP contribution in [0.15, 0.2) is 81.2 Å². The summed E-state index contributed by atoms with van der Waals surface area (Å²) in [6.45, 7) is 6.23. The number of fused-ring (bicyclic) bond motifs is 16. The Bertz CT molecular complexity index is 4960. The number of likely N-dealkylation sites (N-methyl/N-ethyl adjacent to an activating group) is 1. The Kier molecular flexibility index (Phi) is 20.0. The summed E-state index contributed by atoms with van der Waals surface area (Å²) in [6, 6.07) is 7.36. The molecule has 5 aliphatic rings. The van der Waals surface area contributed by atoms with E-state index in [-0.39, 0.29) is 111 Å². The molecule has 14 rings (SSSR count). The molecule has 0 spiro atoms. The van der Waals surface area contributed by atoms with Gasteiger partial charge in [0.05, 0.1) is 49.1 Å². The van der Waals surface area contributed by atoms with Crippen LogP contribution in [0.4, 0.5) is 0 Å². The average Bonchev–Trinajstić information content (AvgIpc) is 1.65. The van der Waals surface area contributed by atoms with Gasteiger partial charge in [0.25, 0.3) is 23.6 Å². The van der Waals surface area contributed by atoms with Crippen molar-refractivity contribution in [3.63, 3.8) is 0 Å². The fraction of sp³-hybridized carbons (Fsp3) is 0.368. The topological polar surface area (TPSA) is 420 Å².